The van der Waals surface area contributed by atoms with Gasteiger partial charge in [-0.2, -0.15) is 0 Å². The number of carbonyl (C=O) groups excluding carboxylic acids is 1. The highest BCUT2D eigenvalue weighted by atomic mass is 16.5. The molecule has 7 nitrogen and oxygen atoms in total. The minimum absolute atomic E-state index is 0.0754. The smallest absolute Gasteiger partial charge is 0.339 e. The third kappa shape index (κ3) is 6.74. The summed E-state index contributed by atoms with van der Waals surface area (Å²) in [4.78, 5) is 27.3. The molecule has 3 aromatic rings. The van der Waals surface area contributed by atoms with E-state index in [1.807, 2.05) is 43.3 Å². The van der Waals surface area contributed by atoms with Crippen LogP contribution < -0.4 is 16.1 Å². The van der Waals surface area contributed by atoms with Gasteiger partial charge in [-0.1, -0.05) is 30.2 Å². The molecule has 0 radical (unpaired) electrons. The number of rotatable bonds is 11. The molecule has 7 heteroatoms. The number of nitrogens with zero attached hydrogens (tertiary/aromatic N) is 1. The quantitative estimate of drug-likeness (QED) is 0.312. The molecule has 2 heterocycles. The Hall–Kier alpha value is -3.16. The zero-order valence-corrected chi connectivity index (χ0v) is 21.0. The van der Waals surface area contributed by atoms with Crippen LogP contribution in [0, 0.1) is 6.92 Å². The van der Waals surface area contributed by atoms with Gasteiger partial charge in [-0.3, -0.25) is 4.79 Å². The van der Waals surface area contributed by atoms with E-state index in [2.05, 4.69) is 4.90 Å². The monoisotopic (exact) mass is 492 g/mol. The Kier molecular flexibility index (Phi) is 8.44. The largest absolute Gasteiger partial charge is 0.494 e. The predicted octanol–water partition coefficient (Wildman–Crippen LogP) is 3.75. The molecule has 36 heavy (non-hydrogen) atoms. The number of ether oxygens (including phenoxy) is 1. The molecule has 2 aromatic carbocycles. The summed E-state index contributed by atoms with van der Waals surface area (Å²) in [5.74, 6) is -0.101. The number of amides is 1. The lowest BCUT2D eigenvalue weighted by Crippen LogP contribution is -2.47. The topological polar surface area (TPSA) is 106 Å². The van der Waals surface area contributed by atoms with Crippen molar-refractivity contribution in [2.75, 3.05) is 26.2 Å². The van der Waals surface area contributed by atoms with Crippen molar-refractivity contribution in [1.82, 2.24) is 4.90 Å². The lowest BCUT2D eigenvalue weighted by Gasteiger charge is -2.26. The van der Waals surface area contributed by atoms with E-state index in [9.17, 15) is 14.7 Å². The van der Waals surface area contributed by atoms with E-state index in [0.29, 0.717) is 18.6 Å². The Balaban J connectivity index is 1.37. The summed E-state index contributed by atoms with van der Waals surface area (Å²) in [5.41, 5.74) is 5.76. The van der Waals surface area contributed by atoms with Gasteiger partial charge in [-0.05, 0) is 88.0 Å². The number of fused-ring (bicyclic) bond motifs is 1. The maximum Gasteiger partial charge on any atom is 0.339 e. The normalized spacial score (nSPS) is 16.1. The van der Waals surface area contributed by atoms with Crippen molar-refractivity contribution in [1.29, 1.82) is 0 Å². The van der Waals surface area contributed by atoms with E-state index in [0.717, 1.165) is 35.2 Å². The fraction of sp³-hybridized carbons (Fsp3) is 0.448. The highest BCUT2D eigenvalue weighted by Gasteiger charge is 2.35. The number of benzene rings is 2. The molecule has 0 spiro atoms. The first-order chi connectivity index (χ1) is 17.3. The molecular weight excluding hydrogens is 456 g/mol. The Morgan fingerprint density at radius 1 is 1.14 bits per heavy atom. The predicted molar refractivity (Wildman–Crippen MR) is 140 cm³/mol. The fourth-order valence-corrected chi connectivity index (χ4v) is 4.83. The van der Waals surface area contributed by atoms with Crippen LogP contribution in [-0.2, 0) is 17.6 Å². The Morgan fingerprint density at radius 2 is 1.94 bits per heavy atom. The number of hydrogen-bond acceptors (Lipinski definition) is 6. The van der Waals surface area contributed by atoms with E-state index >= 15 is 0 Å². The number of carbonyl (C=O) groups is 1. The summed E-state index contributed by atoms with van der Waals surface area (Å²) in [6.45, 7) is 5.99. The first-order valence-corrected chi connectivity index (χ1v) is 12.8. The van der Waals surface area contributed by atoms with E-state index in [1.54, 1.807) is 12.1 Å². The molecule has 0 saturated carbocycles. The molecule has 0 bridgehead atoms. The summed E-state index contributed by atoms with van der Waals surface area (Å²) in [7, 11) is 0. The van der Waals surface area contributed by atoms with Gasteiger partial charge in [-0.15, -0.1) is 0 Å². The average Bonchev–Trinajstić information content (AvgIpc) is 2.87. The van der Waals surface area contributed by atoms with Crippen LogP contribution >= 0.6 is 0 Å². The molecule has 1 amide bonds. The van der Waals surface area contributed by atoms with Crippen LogP contribution in [0.3, 0.4) is 0 Å². The molecule has 1 unspecified atom stereocenters. The van der Waals surface area contributed by atoms with Gasteiger partial charge in [0.2, 0.25) is 5.91 Å². The van der Waals surface area contributed by atoms with Gasteiger partial charge in [-0.25, -0.2) is 4.79 Å². The van der Waals surface area contributed by atoms with E-state index < -0.39 is 17.1 Å². The van der Waals surface area contributed by atoms with Gasteiger partial charge in [0.05, 0.1) is 6.61 Å². The molecule has 1 aliphatic rings. The average molecular weight is 493 g/mol. The highest BCUT2D eigenvalue weighted by Crippen LogP contribution is 2.23. The molecule has 3 N–H and O–H groups in total. The van der Waals surface area contributed by atoms with E-state index in [1.165, 1.54) is 32.4 Å². The minimum atomic E-state index is -1.88. The number of aliphatic hydroxyl groups is 1. The van der Waals surface area contributed by atoms with Crippen molar-refractivity contribution >= 4 is 16.9 Å². The summed E-state index contributed by atoms with van der Waals surface area (Å²) in [6, 6.07) is 14.8. The summed E-state index contributed by atoms with van der Waals surface area (Å²) < 4.78 is 11.3. The maximum absolute atomic E-state index is 12.5. The summed E-state index contributed by atoms with van der Waals surface area (Å²) in [5, 5.41) is 11.9. The van der Waals surface area contributed by atoms with Crippen molar-refractivity contribution < 1.29 is 19.1 Å². The molecule has 1 aromatic heterocycles. The lowest BCUT2D eigenvalue weighted by atomic mass is 9.88. The van der Waals surface area contributed by atoms with Gasteiger partial charge >= 0.3 is 5.63 Å². The van der Waals surface area contributed by atoms with Crippen LogP contribution in [0.15, 0.2) is 57.7 Å². The molecule has 0 aliphatic carbocycles. The van der Waals surface area contributed by atoms with Gasteiger partial charge in [0, 0.05) is 23.9 Å². The first-order valence-electron chi connectivity index (χ1n) is 12.8. The van der Waals surface area contributed by atoms with Crippen molar-refractivity contribution in [3.63, 3.8) is 0 Å². The van der Waals surface area contributed by atoms with Gasteiger partial charge in [0.15, 0.2) is 0 Å². The Morgan fingerprint density at radius 3 is 2.72 bits per heavy atom. The van der Waals surface area contributed by atoms with Crippen molar-refractivity contribution in [3.8, 4) is 5.75 Å². The first kappa shape index (κ1) is 25.9. The second-order valence-electron chi connectivity index (χ2n) is 9.92. The van der Waals surface area contributed by atoms with E-state index in [-0.39, 0.29) is 18.4 Å². The van der Waals surface area contributed by atoms with Gasteiger partial charge in [0.25, 0.3) is 0 Å². The number of primary amides is 1. The van der Waals surface area contributed by atoms with Gasteiger partial charge < -0.3 is 24.9 Å². The van der Waals surface area contributed by atoms with Crippen LogP contribution in [0.4, 0.5) is 0 Å². The zero-order valence-electron chi connectivity index (χ0n) is 21.0. The van der Waals surface area contributed by atoms with Crippen LogP contribution in [0.5, 0.6) is 5.75 Å². The number of likely N-dealkylation sites (tertiary alicyclic amines) is 1. The van der Waals surface area contributed by atoms with E-state index in [4.69, 9.17) is 14.9 Å². The van der Waals surface area contributed by atoms with Crippen LogP contribution in [0.2, 0.25) is 0 Å². The van der Waals surface area contributed by atoms with Crippen LogP contribution in [0.1, 0.15) is 48.8 Å². The number of aryl methyl sites for hydroxylation is 2. The maximum atomic E-state index is 12.5. The van der Waals surface area contributed by atoms with Crippen molar-refractivity contribution in [2.24, 2.45) is 5.73 Å². The van der Waals surface area contributed by atoms with Crippen LogP contribution in [-0.4, -0.2) is 47.8 Å². The zero-order chi connectivity index (χ0) is 25.5. The third-order valence-corrected chi connectivity index (χ3v) is 6.96. The molecule has 192 valence electrons. The minimum Gasteiger partial charge on any atom is -0.494 e. The Labute approximate surface area is 211 Å². The molecule has 1 aliphatic heterocycles. The summed E-state index contributed by atoms with van der Waals surface area (Å²) in [6.07, 6.45) is 5.15. The second kappa shape index (κ2) is 11.7. The number of nitrogens with two attached hydrogens (primary N) is 1. The highest BCUT2D eigenvalue weighted by molar-refractivity contribution is 5.84. The SMILES string of the molecule is Cc1ccc2oc(=O)c(CC(O)(CCc3cccc(OCCCN4CCCCC4)c3)C(N)=O)cc2c1. The Bertz CT molecular complexity index is 1250. The number of piperidine rings is 1. The van der Waals surface area contributed by atoms with Crippen molar-refractivity contribution in [3.05, 3.63) is 75.6 Å². The molecule has 1 fully saturated rings. The standard InChI is InChI=1S/C29H36N2O5/c1-21-9-10-26-23(17-21)19-24(27(32)36-26)20-29(34,28(30)33)12-11-22-7-5-8-25(18-22)35-16-6-15-31-13-3-2-4-14-31/h5,7-10,17-19,34H,2-4,6,11-16,20H2,1H3,(H2,30,33). The number of hydrogen-bond donors (Lipinski definition) is 2. The summed E-state index contributed by atoms with van der Waals surface area (Å²) >= 11 is 0. The molecule has 4 rings (SSSR count). The molecule has 1 atom stereocenters. The van der Waals surface area contributed by atoms with Crippen molar-refractivity contribution in [2.45, 2.75) is 57.5 Å². The second-order valence-corrected chi connectivity index (χ2v) is 9.92. The third-order valence-electron chi connectivity index (χ3n) is 6.96. The lowest BCUT2D eigenvalue weighted by molar-refractivity contribution is -0.136. The molecule has 1 saturated heterocycles. The van der Waals surface area contributed by atoms with Crippen LogP contribution in [0.25, 0.3) is 11.0 Å². The fourth-order valence-electron chi connectivity index (χ4n) is 4.83. The van der Waals surface area contributed by atoms with Gasteiger partial charge in [0.1, 0.15) is 16.9 Å². The molecular formula is C29H36N2O5.